The molecule has 0 bridgehead atoms. The third-order valence-corrected chi connectivity index (χ3v) is 5.06. The van der Waals surface area contributed by atoms with Crippen molar-refractivity contribution in [2.75, 3.05) is 37.4 Å². The molecule has 0 saturated carbocycles. The van der Waals surface area contributed by atoms with Gasteiger partial charge in [0.1, 0.15) is 11.5 Å². The summed E-state index contributed by atoms with van der Waals surface area (Å²) in [6, 6.07) is 7.68. The highest BCUT2D eigenvalue weighted by atomic mass is 19.1. The van der Waals surface area contributed by atoms with Crippen LogP contribution in [0, 0.1) is 5.82 Å². The van der Waals surface area contributed by atoms with E-state index in [9.17, 15) is 4.39 Å². The van der Waals surface area contributed by atoms with Crippen LogP contribution < -0.4 is 10.2 Å². The quantitative estimate of drug-likeness (QED) is 0.780. The molecule has 0 amide bonds. The zero-order valence-corrected chi connectivity index (χ0v) is 15.1. The fourth-order valence-electron chi connectivity index (χ4n) is 3.54. The highest BCUT2D eigenvalue weighted by Crippen LogP contribution is 2.27. The van der Waals surface area contributed by atoms with Gasteiger partial charge in [0, 0.05) is 43.4 Å². The molecule has 3 aromatic rings. The molecule has 0 spiro atoms. The normalized spacial score (nSPS) is 15.8. The average Bonchev–Trinajstić information content (AvgIpc) is 3.12. The van der Waals surface area contributed by atoms with Crippen molar-refractivity contribution < 1.29 is 4.39 Å². The van der Waals surface area contributed by atoms with Gasteiger partial charge in [-0.2, -0.15) is 0 Å². The van der Waals surface area contributed by atoms with Crippen LogP contribution in [-0.4, -0.2) is 52.5 Å². The molecular weight excluding hydrogens is 331 g/mol. The smallest absolute Gasteiger partial charge is 0.213 e. The molecule has 7 heteroatoms. The first-order valence-electron chi connectivity index (χ1n) is 8.88. The Morgan fingerprint density at radius 2 is 1.92 bits per heavy atom. The largest absolute Gasteiger partial charge is 0.369 e. The predicted molar refractivity (Wildman–Crippen MR) is 102 cm³/mol. The zero-order valence-electron chi connectivity index (χ0n) is 15.1. The number of nitrogens with zero attached hydrogens (tertiary/aromatic N) is 5. The van der Waals surface area contributed by atoms with Crippen LogP contribution in [0.3, 0.4) is 0 Å². The van der Waals surface area contributed by atoms with Crippen LogP contribution in [0.15, 0.2) is 42.9 Å². The number of hydrogen-bond donors (Lipinski definition) is 1. The van der Waals surface area contributed by atoms with Crippen molar-refractivity contribution in [2.45, 2.75) is 18.9 Å². The minimum Gasteiger partial charge on any atom is -0.369 e. The van der Waals surface area contributed by atoms with Gasteiger partial charge in [0.25, 0.3) is 0 Å². The lowest BCUT2D eigenvalue weighted by atomic mass is 10.0. The van der Waals surface area contributed by atoms with E-state index in [2.05, 4.69) is 39.2 Å². The van der Waals surface area contributed by atoms with Crippen molar-refractivity contribution >= 4 is 23.0 Å². The number of halogens is 1. The zero-order chi connectivity index (χ0) is 18.1. The second-order valence-corrected chi connectivity index (χ2v) is 6.90. The lowest BCUT2D eigenvalue weighted by molar-refractivity contribution is 0.249. The summed E-state index contributed by atoms with van der Waals surface area (Å²) >= 11 is 0. The number of nitrogens with one attached hydrogen (secondary N) is 1. The van der Waals surface area contributed by atoms with E-state index < -0.39 is 0 Å². The van der Waals surface area contributed by atoms with Gasteiger partial charge in [-0.05, 0) is 51.2 Å². The van der Waals surface area contributed by atoms with Gasteiger partial charge in [-0.1, -0.05) is 0 Å². The summed E-state index contributed by atoms with van der Waals surface area (Å²) in [5.74, 6) is 0.398. The van der Waals surface area contributed by atoms with Crippen LogP contribution in [0.25, 0.3) is 5.65 Å². The van der Waals surface area contributed by atoms with Crippen molar-refractivity contribution in [1.29, 1.82) is 0 Å². The molecule has 6 nitrogen and oxygen atoms in total. The summed E-state index contributed by atoms with van der Waals surface area (Å²) in [6.45, 7) is 1.75. The Bertz CT molecular complexity index is 898. The molecule has 2 aromatic heterocycles. The monoisotopic (exact) mass is 354 g/mol. The Labute approximate surface area is 152 Å². The highest BCUT2D eigenvalue weighted by Gasteiger charge is 2.22. The number of benzene rings is 1. The fourth-order valence-corrected chi connectivity index (χ4v) is 3.54. The van der Waals surface area contributed by atoms with Crippen molar-refractivity contribution in [3.05, 3.63) is 48.7 Å². The van der Waals surface area contributed by atoms with Gasteiger partial charge in [0.2, 0.25) is 5.95 Å². The Morgan fingerprint density at radius 3 is 2.65 bits per heavy atom. The van der Waals surface area contributed by atoms with E-state index in [0.29, 0.717) is 23.4 Å². The third kappa shape index (κ3) is 3.22. The second kappa shape index (κ2) is 6.92. The van der Waals surface area contributed by atoms with Crippen LogP contribution in [-0.2, 0) is 0 Å². The Morgan fingerprint density at radius 1 is 1.12 bits per heavy atom. The molecule has 3 heterocycles. The summed E-state index contributed by atoms with van der Waals surface area (Å²) in [5.41, 5.74) is 2.13. The molecule has 0 atom stereocenters. The van der Waals surface area contributed by atoms with E-state index in [1.54, 1.807) is 12.4 Å². The van der Waals surface area contributed by atoms with E-state index in [4.69, 9.17) is 0 Å². The molecule has 1 N–H and O–H groups in total. The second-order valence-electron chi connectivity index (χ2n) is 6.90. The van der Waals surface area contributed by atoms with Crippen molar-refractivity contribution in [1.82, 2.24) is 19.3 Å². The molecule has 1 aromatic carbocycles. The number of fused-ring (bicyclic) bond motifs is 1. The first-order chi connectivity index (χ1) is 12.6. The van der Waals surface area contributed by atoms with E-state index in [1.807, 2.05) is 28.8 Å². The van der Waals surface area contributed by atoms with Gasteiger partial charge >= 0.3 is 0 Å². The topological polar surface area (TPSA) is 48.7 Å². The number of hydrogen-bond acceptors (Lipinski definition) is 5. The van der Waals surface area contributed by atoms with Crippen LogP contribution >= 0.6 is 0 Å². The van der Waals surface area contributed by atoms with Crippen molar-refractivity contribution in [3.63, 3.8) is 0 Å². The average molecular weight is 354 g/mol. The Kier molecular flexibility index (Phi) is 4.46. The van der Waals surface area contributed by atoms with Crippen LogP contribution in [0.4, 0.5) is 21.7 Å². The number of anilines is 3. The third-order valence-electron chi connectivity index (χ3n) is 5.06. The lowest BCUT2D eigenvalue weighted by Gasteiger charge is -2.36. The highest BCUT2D eigenvalue weighted by molar-refractivity contribution is 5.61. The van der Waals surface area contributed by atoms with E-state index in [1.165, 1.54) is 6.07 Å². The maximum absolute atomic E-state index is 14.7. The van der Waals surface area contributed by atoms with E-state index >= 15 is 0 Å². The molecule has 0 aliphatic carbocycles. The van der Waals surface area contributed by atoms with E-state index in [0.717, 1.165) is 31.6 Å². The maximum Gasteiger partial charge on any atom is 0.213 e. The molecule has 1 aliphatic rings. The molecule has 1 saturated heterocycles. The summed E-state index contributed by atoms with van der Waals surface area (Å²) in [7, 11) is 4.21. The molecule has 1 fully saturated rings. The van der Waals surface area contributed by atoms with Gasteiger partial charge in [0.15, 0.2) is 0 Å². The lowest BCUT2D eigenvalue weighted by Crippen LogP contribution is -2.42. The molecule has 4 rings (SSSR count). The standard InChI is InChI=1S/C19H23FN6/c1-24(2)15-6-10-25(11-7-15)17-4-3-14(13-16(17)20)23-19-22-8-5-18-21-9-12-26(18)19/h3-5,8-9,12-13,15H,6-7,10-11H2,1-2H3,(H,22,23). The van der Waals surface area contributed by atoms with E-state index in [-0.39, 0.29) is 5.82 Å². The number of rotatable bonds is 4. The molecular formula is C19H23FN6. The van der Waals surface area contributed by atoms with Gasteiger partial charge < -0.3 is 15.1 Å². The molecule has 136 valence electrons. The molecule has 26 heavy (non-hydrogen) atoms. The van der Waals surface area contributed by atoms with Gasteiger partial charge in [-0.25, -0.2) is 14.4 Å². The molecule has 0 unspecified atom stereocenters. The van der Waals surface area contributed by atoms with Gasteiger partial charge in [-0.15, -0.1) is 0 Å². The predicted octanol–water partition coefficient (Wildman–Crippen LogP) is 3.14. The SMILES string of the molecule is CN(C)C1CCN(c2ccc(Nc3nccc4nccn34)cc2F)CC1. The summed E-state index contributed by atoms with van der Waals surface area (Å²) in [4.78, 5) is 12.9. The minimum atomic E-state index is -0.212. The first kappa shape index (κ1) is 16.8. The van der Waals surface area contributed by atoms with Crippen LogP contribution in [0.2, 0.25) is 0 Å². The number of imidazole rings is 1. The van der Waals surface area contributed by atoms with Crippen LogP contribution in [0.5, 0.6) is 0 Å². The fraction of sp³-hybridized carbons (Fsp3) is 0.368. The Hall–Kier alpha value is -2.67. The molecule has 1 aliphatic heterocycles. The van der Waals surface area contributed by atoms with Crippen molar-refractivity contribution in [2.24, 2.45) is 0 Å². The minimum absolute atomic E-state index is 0.212. The maximum atomic E-state index is 14.7. The van der Waals surface area contributed by atoms with Crippen LogP contribution in [0.1, 0.15) is 12.8 Å². The Balaban J connectivity index is 1.51. The first-order valence-corrected chi connectivity index (χ1v) is 8.88. The summed E-state index contributed by atoms with van der Waals surface area (Å²) < 4.78 is 16.5. The summed E-state index contributed by atoms with van der Waals surface area (Å²) in [6.07, 6.45) is 7.33. The number of aromatic nitrogens is 3. The number of piperidine rings is 1. The van der Waals surface area contributed by atoms with Gasteiger partial charge in [0.05, 0.1) is 5.69 Å². The van der Waals surface area contributed by atoms with Crippen molar-refractivity contribution in [3.8, 4) is 0 Å². The summed E-state index contributed by atoms with van der Waals surface area (Å²) in [5, 5.41) is 3.17. The van der Waals surface area contributed by atoms with Gasteiger partial charge in [-0.3, -0.25) is 4.40 Å². The molecule has 0 radical (unpaired) electrons.